The standard InChI is InChI=1S/C14H19N3O2/c1-17-7-6-15-14(17)11-16-12-4-3-5-13(10-12)19-9-8-18-2/h3-7,10,16H,8-9,11H2,1-2H3. The SMILES string of the molecule is COCCOc1cccc(NCc2nccn2C)c1. The summed E-state index contributed by atoms with van der Waals surface area (Å²) in [6.45, 7) is 1.83. The van der Waals surface area contributed by atoms with E-state index in [4.69, 9.17) is 9.47 Å². The molecule has 0 fully saturated rings. The minimum atomic E-state index is 0.555. The molecule has 0 unspecified atom stereocenters. The molecule has 0 saturated carbocycles. The molecule has 1 heterocycles. The zero-order valence-corrected chi connectivity index (χ0v) is 11.3. The van der Waals surface area contributed by atoms with Gasteiger partial charge in [0.05, 0.1) is 13.2 Å². The monoisotopic (exact) mass is 261 g/mol. The van der Waals surface area contributed by atoms with E-state index in [9.17, 15) is 0 Å². The van der Waals surface area contributed by atoms with Crippen molar-refractivity contribution in [3.63, 3.8) is 0 Å². The Kier molecular flexibility index (Phi) is 4.80. The van der Waals surface area contributed by atoms with Gasteiger partial charge in [-0.2, -0.15) is 0 Å². The second-order valence-corrected chi connectivity index (χ2v) is 4.18. The van der Waals surface area contributed by atoms with Crippen LogP contribution in [0.5, 0.6) is 5.75 Å². The first-order valence-corrected chi connectivity index (χ1v) is 6.21. The first-order chi connectivity index (χ1) is 9.29. The molecule has 0 saturated heterocycles. The molecule has 0 aliphatic carbocycles. The van der Waals surface area contributed by atoms with Crippen LogP contribution in [0.25, 0.3) is 0 Å². The highest BCUT2D eigenvalue weighted by Crippen LogP contribution is 2.17. The van der Waals surface area contributed by atoms with Crippen molar-refractivity contribution in [1.82, 2.24) is 9.55 Å². The van der Waals surface area contributed by atoms with Crippen LogP contribution >= 0.6 is 0 Å². The molecule has 5 heteroatoms. The molecule has 2 aromatic rings. The van der Waals surface area contributed by atoms with E-state index in [1.807, 2.05) is 42.1 Å². The van der Waals surface area contributed by atoms with Crippen LogP contribution in [0.4, 0.5) is 5.69 Å². The highest BCUT2D eigenvalue weighted by atomic mass is 16.5. The molecular formula is C14H19N3O2. The average Bonchev–Trinajstić information content (AvgIpc) is 2.83. The number of nitrogens with zero attached hydrogens (tertiary/aromatic N) is 2. The number of rotatable bonds is 7. The molecule has 1 aromatic heterocycles. The van der Waals surface area contributed by atoms with Gasteiger partial charge in [0.25, 0.3) is 0 Å². The Morgan fingerprint density at radius 3 is 2.95 bits per heavy atom. The number of imidazole rings is 1. The summed E-state index contributed by atoms with van der Waals surface area (Å²) in [5.41, 5.74) is 1.01. The Morgan fingerprint density at radius 2 is 2.21 bits per heavy atom. The summed E-state index contributed by atoms with van der Waals surface area (Å²) >= 11 is 0. The van der Waals surface area contributed by atoms with Gasteiger partial charge in [-0.05, 0) is 12.1 Å². The molecule has 0 bridgehead atoms. The fourth-order valence-electron chi connectivity index (χ4n) is 1.69. The lowest BCUT2D eigenvalue weighted by Crippen LogP contribution is -2.06. The van der Waals surface area contributed by atoms with Crippen molar-refractivity contribution in [3.8, 4) is 5.75 Å². The minimum absolute atomic E-state index is 0.555. The molecule has 0 atom stereocenters. The summed E-state index contributed by atoms with van der Waals surface area (Å²) in [5.74, 6) is 1.83. The summed E-state index contributed by atoms with van der Waals surface area (Å²) in [5, 5.41) is 3.32. The first-order valence-electron chi connectivity index (χ1n) is 6.21. The van der Waals surface area contributed by atoms with Crippen LogP contribution in [0, 0.1) is 0 Å². The van der Waals surface area contributed by atoms with E-state index in [2.05, 4.69) is 10.3 Å². The fraction of sp³-hybridized carbons (Fsp3) is 0.357. The third kappa shape index (κ3) is 3.99. The van der Waals surface area contributed by atoms with Gasteiger partial charge in [0, 0.05) is 38.3 Å². The Labute approximate surface area is 113 Å². The zero-order chi connectivity index (χ0) is 13.5. The summed E-state index contributed by atoms with van der Waals surface area (Å²) in [7, 11) is 3.64. The second-order valence-electron chi connectivity index (χ2n) is 4.18. The number of ether oxygens (including phenoxy) is 2. The van der Waals surface area contributed by atoms with Crippen molar-refractivity contribution in [2.45, 2.75) is 6.54 Å². The van der Waals surface area contributed by atoms with Gasteiger partial charge in [-0.25, -0.2) is 4.98 Å². The van der Waals surface area contributed by atoms with Gasteiger partial charge in [-0.1, -0.05) is 6.07 Å². The predicted molar refractivity (Wildman–Crippen MR) is 74.3 cm³/mol. The van der Waals surface area contributed by atoms with Gasteiger partial charge in [0.2, 0.25) is 0 Å². The molecule has 0 radical (unpaired) electrons. The third-order valence-electron chi connectivity index (χ3n) is 2.76. The Bertz CT molecular complexity index is 511. The Balaban J connectivity index is 1.90. The van der Waals surface area contributed by atoms with Crippen LogP contribution in [0.1, 0.15) is 5.82 Å². The minimum Gasteiger partial charge on any atom is -0.491 e. The number of benzene rings is 1. The summed E-state index contributed by atoms with van der Waals surface area (Å²) < 4.78 is 12.5. The van der Waals surface area contributed by atoms with Gasteiger partial charge in [-0.3, -0.25) is 0 Å². The number of methoxy groups -OCH3 is 1. The van der Waals surface area contributed by atoms with Gasteiger partial charge in [0.15, 0.2) is 0 Å². The average molecular weight is 261 g/mol. The highest BCUT2D eigenvalue weighted by molar-refractivity contribution is 5.48. The molecule has 2 rings (SSSR count). The summed E-state index contributed by atoms with van der Waals surface area (Å²) in [4.78, 5) is 4.27. The highest BCUT2D eigenvalue weighted by Gasteiger charge is 2.00. The van der Waals surface area contributed by atoms with Crippen molar-refractivity contribution in [3.05, 3.63) is 42.5 Å². The van der Waals surface area contributed by atoms with Crippen LogP contribution in [0.15, 0.2) is 36.7 Å². The van der Waals surface area contributed by atoms with Crippen LogP contribution in [0.2, 0.25) is 0 Å². The van der Waals surface area contributed by atoms with E-state index in [0.717, 1.165) is 17.3 Å². The number of aromatic nitrogens is 2. The van der Waals surface area contributed by atoms with E-state index in [1.165, 1.54) is 0 Å². The van der Waals surface area contributed by atoms with Gasteiger partial charge >= 0.3 is 0 Å². The number of hydrogen-bond donors (Lipinski definition) is 1. The van der Waals surface area contributed by atoms with E-state index >= 15 is 0 Å². The van der Waals surface area contributed by atoms with Crippen LogP contribution in [-0.4, -0.2) is 29.9 Å². The zero-order valence-electron chi connectivity index (χ0n) is 11.3. The lowest BCUT2D eigenvalue weighted by atomic mass is 10.3. The number of aryl methyl sites for hydroxylation is 1. The molecular weight excluding hydrogens is 242 g/mol. The van der Waals surface area contributed by atoms with Crippen molar-refractivity contribution >= 4 is 5.69 Å². The molecule has 19 heavy (non-hydrogen) atoms. The van der Waals surface area contributed by atoms with E-state index in [-0.39, 0.29) is 0 Å². The molecule has 5 nitrogen and oxygen atoms in total. The molecule has 1 N–H and O–H groups in total. The maximum Gasteiger partial charge on any atom is 0.127 e. The van der Waals surface area contributed by atoms with Crippen molar-refractivity contribution in [1.29, 1.82) is 0 Å². The fourth-order valence-corrected chi connectivity index (χ4v) is 1.69. The molecule has 0 amide bonds. The van der Waals surface area contributed by atoms with Crippen LogP contribution in [-0.2, 0) is 18.3 Å². The summed E-state index contributed by atoms with van der Waals surface area (Å²) in [6.07, 6.45) is 3.72. The van der Waals surface area contributed by atoms with Crippen molar-refractivity contribution in [2.75, 3.05) is 25.6 Å². The molecule has 0 aliphatic heterocycles. The maximum absolute atomic E-state index is 5.56. The molecule has 102 valence electrons. The van der Waals surface area contributed by atoms with Gasteiger partial charge in [0.1, 0.15) is 18.2 Å². The molecule has 0 spiro atoms. The number of anilines is 1. The van der Waals surface area contributed by atoms with Crippen molar-refractivity contribution in [2.24, 2.45) is 7.05 Å². The third-order valence-corrected chi connectivity index (χ3v) is 2.76. The predicted octanol–water partition coefficient (Wildman–Crippen LogP) is 2.06. The number of hydrogen-bond acceptors (Lipinski definition) is 4. The largest absolute Gasteiger partial charge is 0.491 e. The Morgan fingerprint density at radius 1 is 1.32 bits per heavy atom. The maximum atomic E-state index is 5.56. The lowest BCUT2D eigenvalue weighted by Gasteiger charge is -2.09. The van der Waals surface area contributed by atoms with E-state index in [1.54, 1.807) is 13.3 Å². The van der Waals surface area contributed by atoms with Gasteiger partial charge < -0.3 is 19.4 Å². The quantitative estimate of drug-likeness (QED) is 0.775. The van der Waals surface area contributed by atoms with E-state index < -0.39 is 0 Å². The first kappa shape index (κ1) is 13.4. The molecule has 1 aromatic carbocycles. The lowest BCUT2D eigenvalue weighted by molar-refractivity contribution is 0.146. The number of nitrogens with one attached hydrogen (secondary N) is 1. The van der Waals surface area contributed by atoms with Crippen molar-refractivity contribution < 1.29 is 9.47 Å². The van der Waals surface area contributed by atoms with Crippen LogP contribution < -0.4 is 10.1 Å². The van der Waals surface area contributed by atoms with E-state index in [0.29, 0.717) is 19.8 Å². The normalized spacial score (nSPS) is 10.4. The topological polar surface area (TPSA) is 48.3 Å². The Hall–Kier alpha value is -2.01. The van der Waals surface area contributed by atoms with Gasteiger partial charge in [-0.15, -0.1) is 0 Å². The molecule has 0 aliphatic rings. The second kappa shape index (κ2) is 6.80. The smallest absolute Gasteiger partial charge is 0.127 e. The van der Waals surface area contributed by atoms with Crippen LogP contribution in [0.3, 0.4) is 0 Å². The summed E-state index contributed by atoms with van der Waals surface area (Å²) in [6, 6.07) is 7.87.